The summed E-state index contributed by atoms with van der Waals surface area (Å²) in [5, 5.41) is 0. The molecule has 2 heteroatoms. The highest BCUT2D eigenvalue weighted by Crippen LogP contribution is 2.38. The zero-order valence-corrected chi connectivity index (χ0v) is 15.4. The van der Waals surface area contributed by atoms with E-state index in [9.17, 15) is 0 Å². The van der Waals surface area contributed by atoms with E-state index in [2.05, 4.69) is 89.0 Å². The Labute approximate surface area is 138 Å². The molecule has 0 nitrogen and oxygen atoms in total. The van der Waals surface area contributed by atoms with Crippen LogP contribution in [-0.2, 0) is 12.8 Å². The molecule has 1 atom stereocenters. The Balaban J connectivity index is 2.48. The number of hydrogen-bond donors (Lipinski definition) is 0. The van der Waals surface area contributed by atoms with Crippen LogP contribution in [0.15, 0.2) is 40.9 Å². The molecule has 0 aliphatic carbocycles. The minimum atomic E-state index is 0.235. The quantitative estimate of drug-likeness (QED) is 0.527. The van der Waals surface area contributed by atoms with Crippen LogP contribution in [0, 0.1) is 6.92 Å². The van der Waals surface area contributed by atoms with E-state index in [1.54, 1.807) is 0 Å². The molecular weight excluding hydrogens is 376 g/mol. The fourth-order valence-electron chi connectivity index (χ4n) is 2.43. The summed E-state index contributed by atoms with van der Waals surface area (Å²) in [5.74, 6) is 0. The van der Waals surface area contributed by atoms with Crippen molar-refractivity contribution in [1.29, 1.82) is 0 Å². The molecule has 0 amide bonds. The average molecular weight is 396 g/mol. The van der Waals surface area contributed by atoms with Crippen molar-refractivity contribution < 1.29 is 0 Å². The lowest BCUT2D eigenvalue weighted by atomic mass is 9.95. The van der Waals surface area contributed by atoms with Crippen LogP contribution in [-0.4, -0.2) is 0 Å². The highest BCUT2D eigenvalue weighted by atomic mass is 79.9. The molecule has 0 radical (unpaired) electrons. The number of alkyl halides is 1. The molecule has 1 unspecified atom stereocenters. The molecule has 20 heavy (non-hydrogen) atoms. The molecule has 2 aromatic carbocycles. The van der Waals surface area contributed by atoms with Crippen molar-refractivity contribution in [2.75, 3.05) is 0 Å². The van der Waals surface area contributed by atoms with Gasteiger partial charge in [-0.3, -0.25) is 0 Å². The second kappa shape index (κ2) is 6.91. The summed E-state index contributed by atoms with van der Waals surface area (Å²) >= 11 is 7.59. The summed E-state index contributed by atoms with van der Waals surface area (Å²) in [5.41, 5.74) is 6.76. The van der Waals surface area contributed by atoms with E-state index in [0.717, 1.165) is 12.8 Å². The Kier molecular flexibility index (Phi) is 5.45. The minimum Gasteiger partial charge on any atom is -0.0786 e. The number of rotatable bonds is 4. The first-order valence-corrected chi connectivity index (χ1v) is 8.79. The Morgan fingerprint density at radius 2 is 1.70 bits per heavy atom. The summed E-state index contributed by atoms with van der Waals surface area (Å²) in [6.07, 6.45) is 2.14. The number of benzene rings is 2. The molecule has 2 rings (SSSR count). The molecular formula is C18H20Br2. The lowest BCUT2D eigenvalue weighted by Crippen LogP contribution is -2.00. The molecule has 0 aliphatic rings. The van der Waals surface area contributed by atoms with Gasteiger partial charge in [0, 0.05) is 4.47 Å². The van der Waals surface area contributed by atoms with Crippen LogP contribution in [0.25, 0.3) is 0 Å². The Hall–Kier alpha value is -0.600. The summed E-state index contributed by atoms with van der Waals surface area (Å²) < 4.78 is 1.17. The molecule has 106 valence electrons. The summed E-state index contributed by atoms with van der Waals surface area (Å²) in [6, 6.07) is 13.4. The zero-order valence-electron chi connectivity index (χ0n) is 12.2. The third-order valence-corrected chi connectivity index (χ3v) is 5.37. The molecule has 0 saturated carbocycles. The second-order valence-electron chi connectivity index (χ2n) is 5.13. The lowest BCUT2D eigenvalue weighted by molar-refractivity contribution is 1.03. The van der Waals surface area contributed by atoms with Crippen LogP contribution in [0.4, 0.5) is 0 Å². The van der Waals surface area contributed by atoms with Crippen molar-refractivity contribution in [3.8, 4) is 0 Å². The van der Waals surface area contributed by atoms with Crippen LogP contribution >= 0.6 is 31.9 Å². The Morgan fingerprint density at radius 1 is 0.950 bits per heavy atom. The molecule has 0 aromatic heterocycles. The summed E-state index contributed by atoms with van der Waals surface area (Å²) in [4.78, 5) is 0.235. The van der Waals surface area contributed by atoms with Gasteiger partial charge in [0.05, 0.1) is 4.83 Å². The first-order chi connectivity index (χ1) is 9.56. The number of hydrogen-bond acceptors (Lipinski definition) is 0. The van der Waals surface area contributed by atoms with Crippen LogP contribution in [0.3, 0.4) is 0 Å². The van der Waals surface area contributed by atoms with Crippen molar-refractivity contribution >= 4 is 31.9 Å². The lowest BCUT2D eigenvalue weighted by Gasteiger charge is -2.18. The molecule has 0 bridgehead atoms. The van der Waals surface area contributed by atoms with Gasteiger partial charge in [0.2, 0.25) is 0 Å². The van der Waals surface area contributed by atoms with Gasteiger partial charge in [0.25, 0.3) is 0 Å². The predicted molar refractivity (Wildman–Crippen MR) is 94.8 cm³/mol. The zero-order chi connectivity index (χ0) is 14.7. The maximum absolute atomic E-state index is 3.89. The molecule has 0 fully saturated rings. The molecule has 0 heterocycles. The van der Waals surface area contributed by atoms with E-state index in [0.29, 0.717) is 0 Å². The first kappa shape index (κ1) is 15.8. The van der Waals surface area contributed by atoms with Crippen LogP contribution < -0.4 is 0 Å². The standard InChI is InChI=1S/C18H20Br2/c1-4-13-7-8-14(5-2)16(11-13)18(20)15-9-6-12(3)10-17(15)19/h6-11,18H,4-5H2,1-3H3. The van der Waals surface area contributed by atoms with E-state index in [-0.39, 0.29) is 4.83 Å². The van der Waals surface area contributed by atoms with Gasteiger partial charge in [0.1, 0.15) is 0 Å². The van der Waals surface area contributed by atoms with Crippen LogP contribution in [0.5, 0.6) is 0 Å². The van der Waals surface area contributed by atoms with Gasteiger partial charge >= 0.3 is 0 Å². The number of halogens is 2. The van der Waals surface area contributed by atoms with Crippen molar-refractivity contribution in [3.05, 3.63) is 68.7 Å². The monoisotopic (exact) mass is 394 g/mol. The van der Waals surface area contributed by atoms with Gasteiger partial charge in [-0.25, -0.2) is 0 Å². The van der Waals surface area contributed by atoms with E-state index in [1.807, 2.05) is 0 Å². The molecule has 0 N–H and O–H groups in total. The molecule has 2 aromatic rings. The van der Waals surface area contributed by atoms with Gasteiger partial charge < -0.3 is 0 Å². The normalized spacial score (nSPS) is 12.4. The molecule has 0 saturated heterocycles. The topological polar surface area (TPSA) is 0 Å². The van der Waals surface area contributed by atoms with E-state index in [4.69, 9.17) is 0 Å². The Morgan fingerprint density at radius 3 is 2.30 bits per heavy atom. The largest absolute Gasteiger partial charge is 0.0786 e. The van der Waals surface area contributed by atoms with E-state index in [1.165, 1.54) is 32.3 Å². The van der Waals surface area contributed by atoms with Crippen LogP contribution in [0.2, 0.25) is 0 Å². The smallest absolute Gasteiger partial charge is 0.0658 e. The van der Waals surface area contributed by atoms with E-state index >= 15 is 0 Å². The van der Waals surface area contributed by atoms with Crippen molar-refractivity contribution in [3.63, 3.8) is 0 Å². The Bertz CT molecular complexity index is 602. The molecule has 0 spiro atoms. The fourth-order valence-corrected chi connectivity index (χ4v) is 4.28. The van der Waals surface area contributed by atoms with Gasteiger partial charge in [-0.05, 0) is 53.6 Å². The highest BCUT2D eigenvalue weighted by Gasteiger charge is 2.16. The summed E-state index contributed by atoms with van der Waals surface area (Å²) in [7, 11) is 0. The van der Waals surface area contributed by atoms with E-state index < -0.39 is 0 Å². The van der Waals surface area contributed by atoms with Crippen molar-refractivity contribution in [2.45, 2.75) is 38.4 Å². The first-order valence-electron chi connectivity index (χ1n) is 7.08. The third-order valence-electron chi connectivity index (χ3n) is 3.70. The van der Waals surface area contributed by atoms with Gasteiger partial charge in [-0.15, -0.1) is 0 Å². The fraction of sp³-hybridized carbons (Fsp3) is 0.333. The van der Waals surface area contributed by atoms with Crippen molar-refractivity contribution in [2.24, 2.45) is 0 Å². The average Bonchev–Trinajstić information content (AvgIpc) is 2.46. The van der Waals surface area contributed by atoms with Gasteiger partial charge in [0.15, 0.2) is 0 Å². The highest BCUT2D eigenvalue weighted by molar-refractivity contribution is 9.11. The summed E-state index contributed by atoms with van der Waals surface area (Å²) in [6.45, 7) is 6.54. The predicted octanol–water partition coefficient (Wildman–Crippen LogP) is 6.37. The van der Waals surface area contributed by atoms with Gasteiger partial charge in [-0.1, -0.05) is 76.0 Å². The number of aryl methyl sites for hydroxylation is 3. The molecule has 0 aliphatic heterocycles. The SMILES string of the molecule is CCc1ccc(CC)c(C(Br)c2ccc(C)cc2Br)c1. The minimum absolute atomic E-state index is 0.235. The third kappa shape index (κ3) is 3.35. The second-order valence-corrected chi connectivity index (χ2v) is 6.90. The van der Waals surface area contributed by atoms with Gasteiger partial charge in [-0.2, -0.15) is 0 Å². The van der Waals surface area contributed by atoms with Crippen LogP contribution in [0.1, 0.15) is 46.5 Å². The maximum Gasteiger partial charge on any atom is 0.0658 e. The maximum atomic E-state index is 3.89. The van der Waals surface area contributed by atoms with Crippen molar-refractivity contribution in [1.82, 2.24) is 0 Å².